The summed E-state index contributed by atoms with van der Waals surface area (Å²) in [7, 11) is 1.71. The maximum absolute atomic E-state index is 5.33. The molecule has 4 rings (SSSR count). The molecule has 2 aromatic carbocycles. The third-order valence-electron chi connectivity index (χ3n) is 3.62. The Kier molecular flexibility index (Phi) is 2.35. The molecule has 94 valence electrons. The number of methoxy groups -OCH3 is 1. The minimum Gasteiger partial charge on any atom is -0.497 e. The van der Waals surface area contributed by atoms with Crippen LogP contribution < -0.4 is 4.74 Å². The van der Waals surface area contributed by atoms with Gasteiger partial charge in [0.15, 0.2) is 0 Å². The van der Waals surface area contributed by atoms with Crippen molar-refractivity contribution in [3.8, 4) is 17.0 Å². The zero-order valence-electron chi connectivity index (χ0n) is 10.6. The summed E-state index contributed by atoms with van der Waals surface area (Å²) < 4.78 is 5.33. The van der Waals surface area contributed by atoms with E-state index in [0.717, 1.165) is 11.5 Å². The van der Waals surface area contributed by atoms with Gasteiger partial charge in [-0.2, -0.15) is 0 Å². The molecular weight excluding hydrogens is 254 g/mol. The standard InChI is InChI=1S/C16H13NOS/c1-18-11-6-7-14-13(8-11)16-15(17-14)12-5-3-2-4-10(12)9-19-16/h2-8,17H,9H2,1H3. The molecular formula is C16H13NOS. The Labute approximate surface area is 115 Å². The third kappa shape index (κ3) is 1.58. The van der Waals surface area contributed by atoms with Gasteiger partial charge >= 0.3 is 0 Å². The smallest absolute Gasteiger partial charge is 0.119 e. The van der Waals surface area contributed by atoms with Crippen LogP contribution in [0.5, 0.6) is 5.75 Å². The Morgan fingerprint density at radius 1 is 1.16 bits per heavy atom. The number of benzene rings is 2. The van der Waals surface area contributed by atoms with Crippen molar-refractivity contribution in [2.75, 3.05) is 7.11 Å². The number of hydrogen-bond acceptors (Lipinski definition) is 2. The number of fused-ring (bicyclic) bond motifs is 5. The number of rotatable bonds is 1. The number of H-pyrrole nitrogens is 1. The van der Waals surface area contributed by atoms with Crippen LogP contribution in [0.1, 0.15) is 5.56 Å². The van der Waals surface area contributed by atoms with Crippen LogP contribution in [0.3, 0.4) is 0 Å². The van der Waals surface area contributed by atoms with Crippen LogP contribution in [0, 0.1) is 0 Å². The van der Waals surface area contributed by atoms with E-state index in [1.165, 1.54) is 32.6 Å². The van der Waals surface area contributed by atoms with E-state index < -0.39 is 0 Å². The second kappa shape index (κ2) is 4.07. The molecule has 0 aliphatic carbocycles. The SMILES string of the molecule is COc1ccc2[nH]c3c(c2c1)SCc1ccccc1-3. The highest BCUT2D eigenvalue weighted by atomic mass is 32.2. The van der Waals surface area contributed by atoms with E-state index >= 15 is 0 Å². The van der Waals surface area contributed by atoms with E-state index in [-0.39, 0.29) is 0 Å². The quantitative estimate of drug-likeness (QED) is 0.704. The average molecular weight is 267 g/mol. The molecule has 2 nitrogen and oxygen atoms in total. The lowest BCUT2D eigenvalue weighted by atomic mass is 10.1. The lowest BCUT2D eigenvalue weighted by molar-refractivity contribution is 0.415. The van der Waals surface area contributed by atoms with Crippen molar-refractivity contribution in [3.05, 3.63) is 48.0 Å². The molecule has 0 radical (unpaired) electrons. The molecule has 0 fully saturated rings. The number of aromatic amines is 1. The summed E-state index contributed by atoms with van der Waals surface area (Å²) in [6, 6.07) is 14.8. The number of nitrogens with one attached hydrogen (secondary N) is 1. The Bertz CT molecular complexity index is 776. The molecule has 0 bridgehead atoms. The van der Waals surface area contributed by atoms with Gasteiger partial charge in [-0.25, -0.2) is 0 Å². The zero-order valence-corrected chi connectivity index (χ0v) is 11.4. The first-order valence-corrected chi connectivity index (χ1v) is 7.26. The molecule has 19 heavy (non-hydrogen) atoms. The van der Waals surface area contributed by atoms with E-state index in [9.17, 15) is 0 Å². The van der Waals surface area contributed by atoms with Crippen LogP contribution in [0.15, 0.2) is 47.4 Å². The molecule has 0 saturated carbocycles. The maximum Gasteiger partial charge on any atom is 0.119 e. The molecule has 0 unspecified atom stereocenters. The summed E-state index contributed by atoms with van der Waals surface area (Å²) in [6.45, 7) is 0. The monoisotopic (exact) mass is 267 g/mol. The Balaban J connectivity index is 2.02. The minimum absolute atomic E-state index is 0.911. The first-order valence-electron chi connectivity index (χ1n) is 6.27. The molecule has 1 aliphatic heterocycles. The predicted octanol–water partition coefficient (Wildman–Crippen LogP) is 4.45. The highest BCUT2D eigenvalue weighted by Crippen LogP contribution is 2.45. The number of aromatic nitrogens is 1. The molecule has 2 heterocycles. The number of ether oxygens (including phenoxy) is 1. The molecule has 1 aliphatic rings. The van der Waals surface area contributed by atoms with Gasteiger partial charge in [-0.05, 0) is 23.8 Å². The van der Waals surface area contributed by atoms with Crippen LogP contribution >= 0.6 is 11.8 Å². The van der Waals surface area contributed by atoms with Crippen LogP contribution in [0.2, 0.25) is 0 Å². The van der Waals surface area contributed by atoms with Gasteiger partial charge in [0.1, 0.15) is 5.75 Å². The normalized spacial score (nSPS) is 13.1. The summed E-state index contributed by atoms with van der Waals surface area (Å²) in [4.78, 5) is 4.89. The summed E-state index contributed by atoms with van der Waals surface area (Å²) in [5, 5.41) is 1.26. The summed E-state index contributed by atoms with van der Waals surface area (Å²) in [6.07, 6.45) is 0. The van der Waals surface area contributed by atoms with Crippen molar-refractivity contribution < 1.29 is 4.74 Å². The largest absolute Gasteiger partial charge is 0.497 e. The van der Waals surface area contributed by atoms with Gasteiger partial charge in [0.25, 0.3) is 0 Å². The average Bonchev–Trinajstić information content (AvgIpc) is 2.85. The van der Waals surface area contributed by atoms with Crippen molar-refractivity contribution in [1.82, 2.24) is 4.98 Å². The van der Waals surface area contributed by atoms with Gasteiger partial charge < -0.3 is 9.72 Å². The van der Waals surface area contributed by atoms with Gasteiger partial charge in [-0.15, -0.1) is 11.8 Å². The predicted molar refractivity (Wildman–Crippen MR) is 79.8 cm³/mol. The van der Waals surface area contributed by atoms with Crippen LogP contribution in [0.4, 0.5) is 0 Å². The summed E-state index contributed by atoms with van der Waals surface area (Å²) in [5.41, 5.74) is 5.15. The maximum atomic E-state index is 5.33. The molecule has 0 amide bonds. The van der Waals surface area contributed by atoms with Crippen LogP contribution in [0.25, 0.3) is 22.2 Å². The lowest BCUT2D eigenvalue weighted by Crippen LogP contribution is -1.94. The van der Waals surface area contributed by atoms with E-state index in [1.54, 1.807) is 7.11 Å². The Hall–Kier alpha value is -1.87. The van der Waals surface area contributed by atoms with Gasteiger partial charge in [0.2, 0.25) is 0 Å². The fraction of sp³-hybridized carbons (Fsp3) is 0.125. The topological polar surface area (TPSA) is 25.0 Å². The molecule has 1 aromatic heterocycles. The van der Waals surface area contributed by atoms with E-state index in [4.69, 9.17) is 4.74 Å². The highest BCUT2D eigenvalue weighted by molar-refractivity contribution is 7.99. The molecule has 0 atom stereocenters. The molecule has 3 aromatic rings. The highest BCUT2D eigenvalue weighted by Gasteiger charge is 2.20. The first kappa shape index (κ1) is 11.0. The van der Waals surface area contributed by atoms with E-state index in [0.29, 0.717) is 0 Å². The van der Waals surface area contributed by atoms with E-state index in [2.05, 4.69) is 41.4 Å². The van der Waals surface area contributed by atoms with Crippen molar-refractivity contribution >= 4 is 22.7 Å². The number of hydrogen-bond donors (Lipinski definition) is 1. The summed E-state index contributed by atoms with van der Waals surface area (Å²) in [5.74, 6) is 1.95. The third-order valence-corrected chi connectivity index (χ3v) is 4.78. The van der Waals surface area contributed by atoms with Crippen LogP contribution in [-0.4, -0.2) is 12.1 Å². The fourth-order valence-corrected chi connectivity index (χ4v) is 3.83. The van der Waals surface area contributed by atoms with Crippen molar-refractivity contribution in [2.24, 2.45) is 0 Å². The Morgan fingerprint density at radius 3 is 2.95 bits per heavy atom. The molecule has 1 N–H and O–H groups in total. The van der Waals surface area contributed by atoms with Crippen molar-refractivity contribution in [2.45, 2.75) is 10.6 Å². The molecule has 3 heteroatoms. The minimum atomic E-state index is 0.911. The van der Waals surface area contributed by atoms with Gasteiger partial charge in [0.05, 0.1) is 12.8 Å². The molecule has 0 saturated heterocycles. The fourth-order valence-electron chi connectivity index (χ4n) is 2.65. The second-order valence-electron chi connectivity index (χ2n) is 4.69. The van der Waals surface area contributed by atoms with Crippen LogP contribution in [-0.2, 0) is 5.75 Å². The van der Waals surface area contributed by atoms with Gasteiger partial charge in [-0.3, -0.25) is 0 Å². The van der Waals surface area contributed by atoms with Gasteiger partial charge in [-0.1, -0.05) is 24.3 Å². The lowest BCUT2D eigenvalue weighted by Gasteiger charge is -2.15. The second-order valence-corrected chi connectivity index (χ2v) is 5.67. The first-order chi connectivity index (χ1) is 9.36. The zero-order chi connectivity index (χ0) is 12.8. The molecule has 0 spiro atoms. The Morgan fingerprint density at radius 2 is 2.05 bits per heavy atom. The van der Waals surface area contributed by atoms with Crippen molar-refractivity contribution in [3.63, 3.8) is 0 Å². The van der Waals surface area contributed by atoms with E-state index in [1.807, 2.05) is 17.8 Å². The summed E-state index contributed by atoms with van der Waals surface area (Å²) >= 11 is 1.90. The van der Waals surface area contributed by atoms with Gasteiger partial charge in [0, 0.05) is 27.1 Å². The van der Waals surface area contributed by atoms with Crippen molar-refractivity contribution in [1.29, 1.82) is 0 Å². The number of thioether (sulfide) groups is 1.